The molecular formula is C25H31ClN6O2. The zero-order chi connectivity index (χ0) is 23.6. The van der Waals surface area contributed by atoms with Crippen molar-refractivity contribution in [3.63, 3.8) is 0 Å². The van der Waals surface area contributed by atoms with E-state index in [4.69, 9.17) is 16.6 Å². The number of amides is 1. The summed E-state index contributed by atoms with van der Waals surface area (Å²) in [6.45, 7) is 7.07. The molecule has 180 valence electrons. The smallest absolute Gasteiger partial charge is 0.412 e. The van der Waals surface area contributed by atoms with Gasteiger partial charge in [0, 0.05) is 36.3 Å². The number of nitrogens with one attached hydrogen (secondary N) is 1. The van der Waals surface area contributed by atoms with Crippen molar-refractivity contribution in [2.45, 2.75) is 70.5 Å². The summed E-state index contributed by atoms with van der Waals surface area (Å²) in [7, 11) is 0. The van der Waals surface area contributed by atoms with Gasteiger partial charge in [-0.3, -0.25) is 9.58 Å². The minimum absolute atomic E-state index is 0.0335. The average molecular weight is 483 g/mol. The van der Waals surface area contributed by atoms with Crippen LogP contribution in [0.4, 0.5) is 10.5 Å². The Morgan fingerprint density at radius 3 is 2.88 bits per heavy atom. The van der Waals surface area contributed by atoms with Crippen LogP contribution in [0.5, 0.6) is 0 Å². The molecule has 9 heteroatoms. The van der Waals surface area contributed by atoms with Crippen molar-refractivity contribution < 1.29 is 9.90 Å². The molecule has 34 heavy (non-hydrogen) atoms. The molecule has 2 N–H and O–H groups in total. The predicted molar refractivity (Wildman–Crippen MR) is 132 cm³/mol. The lowest BCUT2D eigenvalue weighted by atomic mass is 9.64. The van der Waals surface area contributed by atoms with Crippen molar-refractivity contribution >= 4 is 34.4 Å². The SMILES string of the molecule is CC(Cn1cc(Cl)cn1)c1nc2c3c(ccc2n1C1CC2(CCNC2)C1)N(C(=O)O)[C@@H](C)CC3. The number of hydrogen-bond acceptors (Lipinski definition) is 4. The third-order valence-corrected chi connectivity index (χ3v) is 8.42. The zero-order valence-electron chi connectivity index (χ0n) is 19.7. The van der Waals surface area contributed by atoms with E-state index < -0.39 is 6.09 Å². The molecule has 0 bridgehead atoms. The van der Waals surface area contributed by atoms with E-state index in [0.717, 1.165) is 66.9 Å². The Balaban J connectivity index is 1.44. The molecule has 4 heterocycles. The van der Waals surface area contributed by atoms with Crippen molar-refractivity contribution in [1.29, 1.82) is 0 Å². The normalized spacial score (nSPS) is 27.2. The van der Waals surface area contributed by atoms with Crippen molar-refractivity contribution in [3.05, 3.63) is 40.9 Å². The van der Waals surface area contributed by atoms with Gasteiger partial charge in [-0.1, -0.05) is 18.5 Å². The molecule has 6 rings (SSSR count). The molecule has 3 aliphatic rings. The molecule has 1 amide bonds. The van der Waals surface area contributed by atoms with Gasteiger partial charge in [0.15, 0.2) is 0 Å². The number of halogens is 1. The van der Waals surface area contributed by atoms with E-state index in [1.165, 1.54) is 11.3 Å². The van der Waals surface area contributed by atoms with Gasteiger partial charge in [-0.2, -0.15) is 5.10 Å². The number of carboxylic acid groups (broad SMARTS) is 1. The number of fused-ring (bicyclic) bond motifs is 3. The van der Waals surface area contributed by atoms with Gasteiger partial charge in [0.2, 0.25) is 0 Å². The molecule has 3 aromatic rings. The molecule has 2 atom stereocenters. The maximum atomic E-state index is 12.0. The summed E-state index contributed by atoms with van der Waals surface area (Å²) in [6, 6.07) is 4.47. The van der Waals surface area contributed by atoms with Gasteiger partial charge in [0.25, 0.3) is 0 Å². The molecule has 1 saturated heterocycles. The number of imidazole rings is 1. The summed E-state index contributed by atoms with van der Waals surface area (Å²) in [4.78, 5) is 18.8. The number of aromatic nitrogens is 4. The molecule has 1 aromatic carbocycles. The van der Waals surface area contributed by atoms with Crippen LogP contribution >= 0.6 is 11.6 Å². The summed E-state index contributed by atoms with van der Waals surface area (Å²) in [5.74, 6) is 1.19. The second-order valence-electron chi connectivity index (χ2n) is 10.6. The lowest BCUT2D eigenvalue weighted by Gasteiger charge is -2.46. The highest BCUT2D eigenvalue weighted by Gasteiger charge is 2.48. The fourth-order valence-corrected chi connectivity index (χ4v) is 6.66. The lowest BCUT2D eigenvalue weighted by Crippen LogP contribution is -2.41. The van der Waals surface area contributed by atoms with Crippen molar-refractivity contribution in [2.75, 3.05) is 18.0 Å². The molecule has 2 aromatic heterocycles. The van der Waals surface area contributed by atoms with Crippen LogP contribution in [0.15, 0.2) is 24.5 Å². The van der Waals surface area contributed by atoms with Crippen LogP contribution in [-0.2, 0) is 13.0 Å². The monoisotopic (exact) mass is 482 g/mol. The number of rotatable bonds is 4. The van der Waals surface area contributed by atoms with E-state index in [1.807, 2.05) is 23.9 Å². The Kier molecular flexibility index (Phi) is 5.15. The molecule has 1 aliphatic carbocycles. The predicted octanol–water partition coefficient (Wildman–Crippen LogP) is 4.82. The van der Waals surface area contributed by atoms with Gasteiger partial charge in [0.1, 0.15) is 5.82 Å². The third-order valence-electron chi connectivity index (χ3n) is 8.23. The molecule has 8 nitrogen and oxygen atoms in total. The minimum Gasteiger partial charge on any atom is -0.465 e. The van der Waals surface area contributed by atoms with Gasteiger partial charge in [-0.25, -0.2) is 9.78 Å². The molecule has 0 radical (unpaired) electrons. The highest BCUT2D eigenvalue weighted by Crippen LogP contribution is 2.54. The highest BCUT2D eigenvalue weighted by molar-refractivity contribution is 6.30. The first-order valence-corrected chi connectivity index (χ1v) is 12.7. The van der Waals surface area contributed by atoms with Crippen LogP contribution in [0, 0.1) is 5.41 Å². The summed E-state index contributed by atoms with van der Waals surface area (Å²) < 4.78 is 4.33. The van der Waals surface area contributed by atoms with Gasteiger partial charge in [-0.05, 0) is 63.1 Å². The van der Waals surface area contributed by atoms with Gasteiger partial charge < -0.3 is 15.0 Å². The Bertz CT molecular complexity index is 1250. The molecular weight excluding hydrogens is 452 g/mol. The number of hydrogen-bond donors (Lipinski definition) is 2. The minimum atomic E-state index is -0.897. The first kappa shape index (κ1) is 21.9. The standard InChI is InChI=1S/C25H31ClN6O2/c1-15(12-30-13-17(26)11-28-30)23-29-22-19-4-3-16(2)31(24(33)34)20(19)5-6-21(22)32(23)18-9-25(10-18)7-8-27-14-25/h5-6,11,13,15-16,18,27H,3-4,7-10,12,14H2,1-2H3,(H,33,34)/t15?,16-,18?,25?/m0/s1. The molecule has 2 fully saturated rings. The van der Waals surface area contributed by atoms with E-state index in [-0.39, 0.29) is 12.0 Å². The largest absolute Gasteiger partial charge is 0.465 e. The van der Waals surface area contributed by atoms with Crippen molar-refractivity contribution in [3.8, 4) is 0 Å². The van der Waals surface area contributed by atoms with E-state index in [1.54, 1.807) is 6.20 Å². The van der Waals surface area contributed by atoms with Crippen molar-refractivity contribution in [2.24, 2.45) is 5.41 Å². The lowest BCUT2D eigenvalue weighted by molar-refractivity contribution is 0.0838. The molecule has 1 spiro atoms. The molecule has 1 unspecified atom stereocenters. The number of benzene rings is 1. The first-order chi connectivity index (χ1) is 16.3. The Morgan fingerprint density at radius 1 is 1.38 bits per heavy atom. The molecule has 1 saturated carbocycles. The third kappa shape index (κ3) is 3.41. The first-order valence-electron chi connectivity index (χ1n) is 12.3. The van der Waals surface area contributed by atoms with Gasteiger partial charge in [0.05, 0.1) is 34.5 Å². The number of anilines is 1. The zero-order valence-corrected chi connectivity index (χ0v) is 20.4. The van der Waals surface area contributed by atoms with Crippen LogP contribution in [0.3, 0.4) is 0 Å². The van der Waals surface area contributed by atoms with E-state index in [2.05, 4.69) is 28.0 Å². The summed E-state index contributed by atoms with van der Waals surface area (Å²) >= 11 is 6.10. The Morgan fingerprint density at radius 2 is 2.21 bits per heavy atom. The van der Waals surface area contributed by atoms with E-state index in [0.29, 0.717) is 23.0 Å². The Labute approximate surface area is 203 Å². The van der Waals surface area contributed by atoms with Gasteiger partial charge in [-0.15, -0.1) is 0 Å². The second-order valence-corrected chi connectivity index (χ2v) is 11.0. The van der Waals surface area contributed by atoms with Crippen LogP contribution in [-0.4, -0.2) is 49.7 Å². The van der Waals surface area contributed by atoms with Crippen molar-refractivity contribution in [1.82, 2.24) is 24.6 Å². The van der Waals surface area contributed by atoms with Crippen LogP contribution in [0.1, 0.15) is 62.9 Å². The summed E-state index contributed by atoms with van der Waals surface area (Å²) in [5.41, 5.74) is 4.35. The quantitative estimate of drug-likeness (QED) is 0.556. The van der Waals surface area contributed by atoms with Crippen LogP contribution in [0.2, 0.25) is 5.02 Å². The Hall–Kier alpha value is -2.58. The van der Waals surface area contributed by atoms with E-state index in [9.17, 15) is 9.90 Å². The molecule has 2 aliphatic heterocycles. The number of aryl methyl sites for hydroxylation is 1. The van der Waals surface area contributed by atoms with Crippen LogP contribution in [0.25, 0.3) is 11.0 Å². The average Bonchev–Trinajstić information content (AvgIpc) is 3.50. The number of carbonyl (C=O) groups is 1. The fourth-order valence-electron chi connectivity index (χ4n) is 6.51. The fraction of sp³-hybridized carbons (Fsp3) is 0.560. The second kappa shape index (κ2) is 7.99. The van der Waals surface area contributed by atoms with Crippen LogP contribution < -0.4 is 10.2 Å². The maximum Gasteiger partial charge on any atom is 0.412 e. The topological polar surface area (TPSA) is 88.2 Å². The highest BCUT2D eigenvalue weighted by atomic mass is 35.5. The van der Waals surface area contributed by atoms with E-state index >= 15 is 0 Å². The summed E-state index contributed by atoms with van der Waals surface area (Å²) in [5, 5.41) is 18.4. The number of nitrogens with zero attached hydrogens (tertiary/aromatic N) is 5. The summed E-state index contributed by atoms with van der Waals surface area (Å²) in [6.07, 6.45) is 7.83. The maximum absolute atomic E-state index is 12.0. The van der Waals surface area contributed by atoms with Gasteiger partial charge >= 0.3 is 6.09 Å².